The standard InChI is InChI=1S/C21H18FN3O4S/c1-27-14-6-7-18(28-2)15(9-14)17-11-30-21(23-17)24-20(26)19-10-16(25-29-19)12-4-3-5-13(22)8-12/h3-9,11,19H,10H2,1-2H3,(H,23,24,26). The maximum absolute atomic E-state index is 13.4. The number of benzene rings is 2. The predicted octanol–water partition coefficient (Wildman–Crippen LogP) is 4.10. The third-order valence-corrected chi connectivity index (χ3v) is 5.29. The zero-order valence-corrected chi connectivity index (χ0v) is 17.0. The molecule has 3 aromatic rings. The first kappa shape index (κ1) is 19.8. The van der Waals surface area contributed by atoms with Crippen molar-refractivity contribution in [3.05, 3.63) is 59.2 Å². The average Bonchev–Trinajstić information content (AvgIpc) is 3.43. The number of amides is 1. The normalized spacial score (nSPS) is 15.3. The number of nitrogens with one attached hydrogen (secondary N) is 1. The van der Waals surface area contributed by atoms with E-state index in [0.717, 1.165) is 5.56 Å². The Balaban J connectivity index is 1.44. The number of carbonyl (C=O) groups is 1. The van der Waals surface area contributed by atoms with Crippen molar-refractivity contribution in [3.63, 3.8) is 0 Å². The largest absolute Gasteiger partial charge is 0.497 e. The monoisotopic (exact) mass is 427 g/mol. The van der Waals surface area contributed by atoms with E-state index < -0.39 is 6.10 Å². The van der Waals surface area contributed by atoms with E-state index in [1.807, 2.05) is 11.4 Å². The van der Waals surface area contributed by atoms with Crippen molar-refractivity contribution < 1.29 is 23.5 Å². The second-order valence-electron chi connectivity index (χ2n) is 6.44. The first-order chi connectivity index (χ1) is 14.6. The molecule has 1 aliphatic rings. The molecule has 9 heteroatoms. The first-order valence-corrected chi connectivity index (χ1v) is 9.92. The molecular weight excluding hydrogens is 409 g/mol. The van der Waals surface area contributed by atoms with Gasteiger partial charge in [-0.15, -0.1) is 11.3 Å². The van der Waals surface area contributed by atoms with Gasteiger partial charge >= 0.3 is 0 Å². The quantitative estimate of drug-likeness (QED) is 0.641. The molecule has 7 nitrogen and oxygen atoms in total. The van der Waals surface area contributed by atoms with E-state index in [1.54, 1.807) is 38.5 Å². The fourth-order valence-electron chi connectivity index (χ4n) is 3.01. The molecular formula is C21H18FN3O4S. The van der Waals surface area contributed by atoms with Gasteiger partial charge in [-0.05, 0) is 30.3 Å². The van der Waals surface area contributed by atoms with Crippen molar-refractivity contribution in [2.75, 3.05) is 19.5 Å². The second-order valence-corrected chi connectivity index (χ2v) is 7.30. The van der Waals surface area contributed by atoms with Crippen LogP contribution in [0.5, 0.6) is 11.5 Å². The van der Waals surface area contributed by atoms with Crippen LogP contribution in [0.4, 0.5) is 9.52 Å². The molecule has 2 heterocycles. The molecule has 1 atom stereocenters. The Morgan fingerprint density at radius 3 is 2.87 bits per heavy atom. The van der Waals surface area contributed by atoms with Gasteiger partial charge in [-0.3, -0.25) is 10.1 Å². The van der Waals surface area contributed by atoms with Crippen LogP contribution in [0.15, 0.2) is 53.0 Å². The van der Waals surface area contributed by atoms with Crippen molar-refractivity contribution in [1.82, 2.24) is 4.98 Å². The molecule has 30 heavy (non-hydrogen) atoms. The van der Waals surface area contributed by atoms with Gasteiger partial charge in [-0.25, -0.2) is 9.37 Å². The van der Waals surface area contributed by atoms with E-state index in [9.17, 15) is 9.18 Å². The van der Waals surface area contributed by atoms with E-state index in [0.29, 0.717) is 33.6 Å². The summed E-state index contributed by atoms with van der Waals surface area (Å²) in [6, 6.07) is 11.4. The van der Waals surface area contributed by atoms with Gasteiger partial charge < -0.3 is 14.3 Å². The fraction of sp³-hybridized carbons (Fsp3) is 0.190. The number of rotatable bonds is 6. The van der Waals surface area contributed by atoms with Crippen LogP contribution in [0, 0.1) is 5.82 Å². The van der Waals surface area contributed by atoms with E-state index in [4.69, 9.17) is 14.3 Å². The molecule has 0 spiro atoms. The molecule has 0 saturated heterocycles. The highest BCUT2D eigenvalue weighted by Crippen LogP contribution is 2.35. The minimum Gasteiger partial charge on any atom is -0.497 e. The summed E-state index contributed by atoms with van der Waals surface area (Å²) in [5.74, 6) is 0.576. The van der Waals surface area contributed by atoms with Gasteiger partial charge in [-0.1, -0.05) is 17.3 Å². The average molecular weight is 427 g/mol. The molecule has 0 bridgehead atoms. The number of halogens is 1. The lowest BCUT2D eigenvalue weighted by Crippen LogP contribution is -2.28. The highest BCUT2D eigenvalue weighted by Gasteiger charge is 2.29. The highest BCUT2D eigenvalue weighted by atomic mass is 32.1. The van der Waals surface area contributed by atoms with Gasteiger partial charge in [0.15, 0.2) is 5.13 Å². The maximum atomic E-state index is 13.4. The smallest absolute Gasteiger partial charge is 0.270 e. The zero-order chi connectivity index (χ0) is 21.1. The third kappa shape index (κ3) is 4.11. The minimum absolute atomic E-state index is 0.247. The summed E-state index contributed by atoms with van der Waals surface area (Å²) < 4.78 is 24.1. The lowest BCUT2D eigenvalue weighted by atomic mass is 10.0. The van der Waals surface area contributed by atoms with Crippen LogP contribution in [-0.4, -0.2) is 36.9 Å². The van der Waals surface area contributed by atoms with Gasteiger partial charge in [0, 0.05) is 22.9 Å². The number of methoxy groups -OCH3 is 2. The number of oxime groups is 1. The van der Waals surface area contributed by atoms with Crippen LogP contribution in [-0.2, 0) is 9.63 Å². The number of anilines is 1. The van der Waals surface area contributed by atoms with Crippen molar-refractivity contribution in [3.8, 4) is 22.8 Å². The fourth-order valence-corrected chi connectivity index (χ4v) is 3.72. The molecule has 0 fully saturated rings. The van der Waals surface area contributed by atoms with Gasteiger partial charge in [-0.2, -0.15) is 0 Å². The summed E-state index contributed by atoms with van der Waals surface area (Å²) in [5.41, 5.74) is 2.51. The number of aromatic nitrogens is 1. The zero-order valence-electron chi connectivity index (χ0n) is 16.2. The number of hydrogen-bond acceptors (Lipinski definition) is 7. The number of hydrogen-bond donors (Lipinski definition) is 1. The lowest BCUT2D eigenvalue weighted by Gasteiger charge is -2.09. The summed E-state index contributed by atoms with van der Waals surface area (Å²) in [5, 5.41) is 8.91. The summed E-state index contributed by atoms with van der Waals surface area (Å²) in [6.45, 7) is 0. The second kappa shape index (κ2) is 8.50. The van der Waals surface area contributed by atoms with E-state index in [1.165, 1.54) is 23.5 Å². The Bertz CT molecular complexity index is 1120. The van der Waals surface area contributed by atoms with E-state index >= 15 is 0 Å². The van der Waals surface area contributed by atoms with Crippen LogP contribution in [0.1, 0.15) is 12.0 Å². The Hall–Kier alpha value is -3.46. The van der Waals surface area contributed by atoms with Crippen molar-refractivity contribution >= 4 is 28.1 Å². The molecule has 1 aromatic heterocycles. The molecule has 2 aromatic carbocycles. The van der Waals surface area contributed by atoms with E-state index in [-0.39, 0.29) is 18.1 Å². The van der Waals surface area contributed by atoms with Crippen LogP contribution >= 0.6 is 11.3 Å². The Labute approximate surface area is 176 Å². The van der Waals surface area contributed by atoms with Crippen molar-refractivity contribution in [2.24, 2.45) is 5.16 Å². The molecule has 1 unspecified atom stereocenters. The molecule has 1 aliphatic heterocycles. The van der Waals surface area contributed by atoms with E-state index in [2.05, 4.69) is 15.5 Å². The number of ether oxygens (including phenoxy) is 2. The van der Waals surface area contributed by atoms with Gasteiger partial charge in [0.2, 0.25) is 6.10 Å². The molecule has 0 radical (unpaired) electrons. The number of carbonyl (C=O) groups excluding carboxylic acids is 1. The summed E-state index contributed by atoms with van der Waals surface area (Å²) in [7, 11) is 3.16. The van der Waals surface area contributed by atoms with Gasteiger partial charge in [0.1, 0.15) is 17.3 Å². The summed E-state index contributed by atoms with van der Waals surface area (Å²) >= 11 is 1.28. The molecule has 4 rings (SSSR count). The number of nitrogens with zero attached hydrogens (tertiary/aromatic N) is 2. The SMILES string of the molecule is COc1ccc(OC)c(-c2csc(NC(=O)C3CC(c4cccc(F)c4)=NO3)n2)c1. The Kier molecular flexibility index (Phi) is 5.62. The lowest BCUT2D eigenvalue weighted by molar-refractivity contribution is -0.125. The first-order valence-electron chi connectivity index (χ1n) is 9.05. The van der Waals surface area contributed by atoms with Crippen molar-refractivity contribution in [1.29, 1.82) is 0 Å². The molecule has 1 N–H and O–H groups in total. The van der Waals surface area contributed by atoms with Gasteiger partial charge in [0.25, 0.3) is 5.91 Å². The van der Waals surface area contributed by atoms with Crippen LogP contribution in [0.3, 0.4) is 0 Å². The summed E-state index contributed by atoms with van der Waals surface area (Å²) in [6.07, 6.45) is -0.556. The van der Waals surface area contributed by atoms with Gasteiger partial charge in [0.05, 0.1) is 25.6 Å². The minimum atomic E-state index is -0.804. The number of thiazole rings is 1. The Morgan fingerprint density at radius 2 is 2.10 bits per heavy atom. The van der Waals surface area contributed by atoms with Crippen LogP contribution < -0.4 is 14.8 Å². The molecule has 154 valence electrons. The highest BCUT2D eigenvalue weighted by molar-refractivity contribution is 7.14. The molecule has 1 amide bonds. The van der Waals surface area contributed by atoms with Crippen molar-refractivity contribution in [2.45, 2.75) is 12.5 Å². The van der Waals surface area contributed by atoms with Crippen LogP contribution in [0.2, 0.25) is 0 Å². The molecule has 0 aliphatic carbocycles. The third-order valence-electron chi connectivity index (χ3n) is 4.54. The maximum Gasteiger partial charge on any atom is 0.270 e. The Morgan fingerprint density at radius 1 is 1.23 bits per heavy atom. The van der Waals surface area contributed by atoms with Crippen LogP contribution in [0.25, 0.3) is 11.3 Å². The topological polar surface area (TPSA) is 82.0 Å². The summed E-state index contributed by atoms with van der Waals surface area (Å²) in [4.78, 5) is 22.3. The molecule has 0 saturated carbocycles. The predicted molar refractivity (Wildman–Crippen MR) is 112 cm³/mol.